The average molecular weight is 338 g/mol. The van der Waals surface area contributed by atoms with Crippen molar-refractivity contribution in [2.24, 2.45) is 17.8 Å². The predicted molar refractivity (Wildman–Crippen MR) is 95.8 cm³/mol. The first kappa shape index (κ1) is 19.0. The first-order valence-electron chi connectivity index (χ1n) is 9.54. The van der Waals surface area contributed by atoms with Crippen molar-refractivity contribution in [2.75, 3.05) is 39.3 Å². The van der Waals surface area contributed by atoms with E-state index in [1.54, 1.807) is 0 Å². The summed E-state index contributed by atoms with van der Waals surface area (Å²) in [5.74, 6) is 1.44. The largest absolute Gasteiger partial charge is 0.356 e. The standard InChI is InChI=1S/C18H34N4O2/c1-14(2)10-21-18(24)22-8-4-6-15(13-22)9-17(23)20-12-16-5-3-7-19-11-16/h14-16,19H,3-13H2,1-2H3,(H,20,23)(H,21,24). The first-order chi connectivity index (χ1) is 11.5. The number of hydrogen-bond acceptors (Lipinski definition) is 3. The van der Waals surface area contributed by atoms with E-state index >= 15 is 0 Å². The zero-order valence-corrected chi connectivity index (χ0v) is 15.3. The summed E-state index contributed by atoms with van der Waals surface area (Å²) in [6.07, 6.45) is 4.95. The third-order valence-corrected chi connectivity index (χ3v) is 4.93. The summed E-state index contributed by atoms with van der Waals surface area (Å²) >= 11 is 0. The number of nitrogens with zero attached hydrogens (tertiary/aromatic N) is 1. The molecule has 2 fully saturated rings. The van der Waals surface area contributed by atoms with Crippen molar-refractivity contribution >= 4 is 11.9 Å². The lowest BCUT2D eigenvalue weighted by molar-refractivity contribution is -0.122. The molecule has 138 valence electrons. The van der Waals surface area contributed by atoms with E-state index in [4.69, 9.17) is 0 Å². The van der Waals surface area contributed by atoms with E-state index < -0.39 is 0 Å². The summed E-state index contributed by atoms with van der Waals surface area (Å²) < 4.78 is 0. The van der Waals surface area contributed by atoms with Crippen molar-refractivity contribution in [3.05, 3.63) is 0 Å². The van der Waals surface area contributed by atoms with Crippen molar-refractivity contribution in [3.63, 3.8) is 0 Å². The Morgan fingerprint density at radius 3 is 2.67 bits per heavy atom. The maximum absolute atomic E-state index is 12.2. The van der Waals surface area contributed by atoms with Gasteiger partial charge in [-0.05, 0) is 56.5 Å². The van der Waals surface area contributed by atoms with Crippen molar-refractivity contribution in [1.82, 2.24) is 20.9 Å². The van der Waals surface area contributed by atoms with E-state index in [1.165, 1.54) is 12.8 Å². The number of hydrogen-bond donors (Lipinski definition) is 3. The smallest absolute Gasteiger partial charge is 0.317 e. The zero-order valence-electron chi connectivity index (χ0n) is 15.3. The molecule has 0 aliphatic carbocycles. The molecule has 2 aliphatic rings. The normalized spacial score (nSPS) is 24.7. The summed E-state index contributed by atoms with van der Waals surface area (Å²) in [6, 6.07) is 0.0158. The fraction of sp³-hybridized carbons (Fsp3) is 0.889. The molecule has 24 heavy (non-hydrogen) atoms. The molecule has 2 saturated heterocycles. The molecule has 0 radical (unpaired) electrons. The van der Waals surface area contributed by atoms with Crippen LogP contribution in [0.1, 0.15) is 46.0 Å². The number of carbonyl (C=O) groups excluding carboxylic acids is 2. The van der Waals surface area contributed by atoms with Gasteiger partial charge in [-0.2, -0.15) is 0 Å². The molecule has 2 aliphatic heterocycles. The van der Waals surface area contributed by atoms with Crippen molar-refractivity contribution < 1.29 is 9.59 Å². The van der Waals surface area contributed by atoms with Crippen LogP contribution in [0.15, 0.2) is 0 Å². The van der Waals surface area contributed by atoms with Crippen LogP contribution in [0.4, 0.5) is 4.79 Å². The quantitative estimate of drug-likeness (QED) is 0.688. The Hall–Kier alpha value is -1.30. The molecule has 2 heterocycles. The summed E-state index contributed by atoms with van der Waals surface area (Å²) in [5.41, 5.74) is 0. The molecule has 6 nitrogen and oxygen atoms in total. The van der Waals surface area contributed by atoms with Crippen LogP contribution in [0.5, 0.6) is 0 Å². The molecule has 0 aromatic heterocycles. The fourth-order valence-electron chi connectivity index (χ4n) is 3.51. The van der Waals surface area contributed by atoms with Gasteiger partial charge in [-0.1, -0.05) is 13.8 Å². The highest BCUT2D eigenvalue weighted by Gasteiger charge is 2.25. The number of piperidine rings is 2. The third kappa shape index (κ3) is 6.67. The maximum atomic E-state index is 12.2. The zero-order chi connectivity index (χ0) is 17.4. The van der Waals surface area contributed by atoms with Crippen molar-refractivity contribution in [3.8, 4) is 0 Å². The molecule has 6 heteroatoms. The van der Waals surface area contributed by atoms with E-state index in [2.05, 4.69) is 29.8 Å². The summed E-state index contributed by atoms with van der Waals surface area (Å²) in [5, 5.41) is 9.43. The number of urea groups is 1. The molecular formula is C18H34N4O2. The minimum Gasteiger partial charge on any atom is -0.356 e. The van der Waals surface area contributed by atoms with Crippen LogP contribution in [0.2, 0.25) is 0 Å². The molecule has 0 aromatic carbocycles. The minimum atomic E-state index is 0.0158. The molecule has 3 amide bonds. The molecule has 2 rings (SSSR count). The highest BCUT2D eigenvalue weighted by Crippen LogP contribution is 2.20. The number of amides is 3. The highest BCUT2D eigenvalue weighted by atomic mass is 16.2. The van der Waals surface area contributed by atoms with Gasteiger partial charge >= 0.3 is 6.03 Å². The van der Waals surface area contributed by atoms with Crippen LogP contribution in [0, 0.1) is 17.8 Å². The lowest BCUT2D eigenvalue weighted by Crippen LogP contribution is -2.47. The number of rotatable bonds is 6. The van der Waals surface area contributed by atoms with Crippen LogP contribution in [0.3, 0.4) is 0 Å². The van der Waals surface area contributed by atoms with Crippen LogP contribution in [-0.2, 0) is 4.79 Å². The molecule has 0 bridgehead atoms. The van der Waals surface area contributed by atoms with E-state index in [0.29, 0.717) is 31.3 Å². The number of carbonyl (C=O) groups is 2. The van der Waals surface area contributed by atoms with Gasteiger partial charge in [0.1, 0.15) is 0 Å². The number of nitrogens with one attached hydrogen (secondary N) is 3. The lowest BCUT2D eigenvalue weighted by Gasteiger charge is -2.33. The Morgan fingerprint density at radius 2 is 1.96 bits per heavy atom. The van der Waals surface area contributed by atoms with Crippen LogP contribution in [-0.4, -0.2) is 56.1 Å². The lowest BCUT2D eigenvalue weighted by atomic mass is 9.94. The van der Waals surface area contributed by atoms with Crippen molar-refractivity contribution in [1.29, 1.82) is 0 Å². The van der Waals surface area contributed by atoms with E-state index in [1.807, 2.05) is 4.90 Å². The topological polar surface area (TPSA) is 73.5 Å². The Balaban J connectivity index is 1.67. The first-order valence-corrected chi connectivity index (χ1v) is 9.54. The van der Waals surface area contributed by atoms with Gasteiger partial charge in [0.05, 0.1) is 0 Å². The van der Waals surface area contributed by atoms with Gasteiger partial charge in [-0.15, -0.1) is 0 Å². The molecule has 2 atom stereocenters. The summed E-state index contributed by atoms with van der Waals surface area (Å²) in [4.78, 5) is 26.2. The average Bonchev–Trinajstić information content (AvgIpc) is 2.59. The van der Waals surface area contributed by atoms with E-state index in [9.17, 15) is 9.59 Å². The molecule has 0 spiro atoms. The molecule has 2 unspecified atom stereocenters. The number of likely N-dealkylation sites (tertiary alicyclic amines) is 1. The third-order valence-electron chi connectivity index (χ3n) is 4.93. The second-order valence-electron chi connectivity index (χ2n) is 7.75. The Labute approximate surface area is 146 Å². The van der Waals surface area contributed by atoms with Gasteiger partial charge in [0, 0.05) is 32.6 Å². The van der Waals surface area contributed by atoms with Crippen LogP contribution >= 0.6 is 0 Å². The molecule has 0 saturated carbocycles. The fourth-order valence-corrected chi connectivity index (χ4v) is 3.51. The summed E-state index contributed by atoms with van der Waals surface area (Å²) in [7, 11) is 0. The SMILES string of the molecule is CC(C)CNC(=O)N1CCCC(CC(=O)NCC2CCCNC2)C1. The van der Waals surface area contributed by atoms with Crippen LogP contribution in [0.25, 0.3) is 0 Å². The summed E-state index contributed by atoms with van der Waals surface area (Å²) in [6.45, 7) is 9.26. The van der Waals surface area contributed by atoms with Gasteiger partial charge in [0.25, 0.3) is 0 Å². The van der Waals surface area contributed by atoms with Crippen LogP contribution < -0.4 is 16.0 Å². The van der Waals surface area contributed by atoms with Gasteiger partial charge in [-0.25, -0.2) is 4.79 Å². The maximum Gasteiger partial charge on any atom is 0.317 e. The Morgan fingerprint density at radius 1 is 1.17 bits per heavy atom. The second-order valence-corrected chi connectivity index (χ2v) is 7.75. The van der Waals surface area contributed by atoms with E-state index in [0.717, 1.165) is 39.0 Å². The molecule has 3 N–H and O–H groups in total. The molecule has 0 aromatic rings. The molecular weight excluding hydrogens is 304 g/mol. The van der Waals surface area contributed by atoms with Crippen molar-refractivity contribution in [2.45, 2.75) is 46.0 Å². The van der Waals surface area contributed by atoms with Gasteiger partial charge in [-0.3, -0.25) is 4.79 Å². The van der Waals surface area contributed by atoms with Gasteiger partial charge in [0.15, 0.2) is 0 Å². The second kappa shape index (κ2) is 9.87. The highest BCUT2D eigenvalue weighted by molar-refractivity contribution is 5.77. The van der Waals surface area contributed by atoms with Gasteiger partial charge < -0.3 is 20.9 Å². The minimum absolute atomic E-state index is 0.0158. The predicted octanol–water partition coefficient (Wildman–Crippen LogP) is 1.57. The Kier molecular flexibility index (Phi) is 7.82. The monoisotopic (exact) mass is 338 g/mol. The Bertz CT molecular complexity index is 408. The van der Waals surface area contributed by atoms with Gasteiger partial charge in [0.2, 0.25) is 5.91 Å². The van der Waals surface area contributed by atoms with E-state index in [-0.39, 0.29) is 17.9 Å².